The lowest BCUT2D eigenvalue weighted by atomic mass is 9.88. The number of rotatable bonds is 3. The van der Waals surface area contributed by atoms with Gasteiger partial charge in [0.2, 0.25) is 5.91 Å². The average Bonchev–Trinajstić information content (AvgIpc) is 2.49. The molecule has 1 amide bonds. The van der Waals surface area contributed by atoms with Gasteiger partial charge in [-0.15, -0.1) is 0 Å². The first-order valence-corrected chi connectivity index (χ1v) is 4.58. The summed E-state index contributed by atoms with van der Waals surface area (Å²) in [7, 11) is 0. The lowest BCUT2D eigenvalue weighted by Crippen LogP contribution is -2.38. The van der Waals surface area contributed by atoms with Gasteiger partial charge >= 0.3 is 0 Å². The van der Waals surface area contributed by atoms with Crippen molar-refractivity contribution in [2.45, 2.75) is 32.6 Å². The fourth-order valence-electron chi connectivity index (χ4n) is 1.77. The van der Waals surface area contributed by atoms with Crippen LogP contribution in [0.5, 0.6) is 0 Å². The summed E-state index contributed by atoms with van der Waals surface area (Å²) < 4.78 is 0. The van der Waals surface area contributed by atoms with Crippen molar-refractivity contribution in [3.63, 3.8) is 0 Å². The fraction of sp³-hybridized carbons (Fsp3) is 0.889. The maximum absolute atomic E-state index is 11.5. The summed E-state index contributed by atoms with van der Waals surface area (Å²) in [5, 5.41) is 11.3. The van der Waals surface area contributed by atoms with E-state index >= 15 is 0 Å². The minimum absolute atomic E-state index is 0.0296. The van der Waals surface area contributed by atoms with E-state index in [9.17, 15) is 4.79 Å². The van der Waals surface area contributed by atoms with E-state index in [1.165, 1.54) is 0 Å². The molecule has 1 fully saturated rings. The van der Waals surface area contributed by atoms with Crippen molar-refractivity contribution in [1.82, 2.24) is 5.32 Å². The van der Waals surface area contributed by atoms with Crippen LogP contribution in [0.4, 0.5) is 0 Å². The van der Waals surface area contributed by atoms with E-state index in [4.69, 9.17) is 5.11 Å². The Morgan fingerprint density at radius 1 is 1.50 bits per heavy atom. The number of aliphatic hydroxyl groups excluding tert-OH is 1. The molecule has 0 aromatic carbocycles. The SMILES string of the molecule is CC1(C(=O)NCCO)CCCC1. The highest BCUT2D eigenvalue weighted by Gasteiger charge is 2.35. The van der Waals surface area contributed by atoms with Crippen molar-refractivity contribution in [2.24, 2.45) is 5.41 Å². The average molecular weight is 171 g/mol. The van der Waals surface area contributed by atoms with E-state index in [1.54, 1.807) is 0 Å². The number of aliphatic hydroxyl groups is 1. The van der Waals surface area contributed by atoms with Crippen LogP contribution in [0, 0.1) is 5.41 Å². The molecule has 3 nitrogen and oxygen atoms in total. The topological polar surface area (TPSA) is 49.3 Å². The highest BCUT2D eigenvalue weighted by molar-refractivity contribution is 5.82. The first kappa shape index (κ1) is 9.52. The molecule has 0 bridgehead atoms. The van der Waals surface area contributed by atoms with Crippen LogP contribution in [0.15, 0.2) is 0 Å². The van der Waals surface area contributed by atoms with Crippen LogP contribution in [-0.2, 0) is 4.79 Å². The molecule has 1 saturated carbocycles. The largest absolute Gasteiger partial charge is 0.395 e. The normalized spacial score (nSPS) is 20.8. The van der Waals surface area contributed by atoms with Crippen LogP contribution in [0.3, 0.4) is 0 Å². The molecular formula is C9H17NO2. The number of hydrogen-bond acceptors (Lipinski definition) is 2. The molecule has 0 aromatic rings. The summed E-state index contributed by atoms with van der Waals surface area (Å²) in [6.45, 7) is 2.42. The highest BCUT2D eigenvalue weighted by atomic mass is 16.3. The van der Waals surface area contributed by atoms with Gasteiger partial charge in [-0.3, -0.25) is 4.79 Å². The molecule has 0 spiro atoms. The molecule has 1 aliphatic rings. The van der Waals surface area contributed by atoms with Gasteiger partial charge in [0, 0.05) is 12.0 Å². The third kappa shape index (κ3) is 1.97. The summed E-state index contributed by atoms with van der Waals surface area (Å²) >= 11 is 0. The Morgan fingerprint density at radius 3 is 2.58 bits per heavy atom. The molecule has 0 heterocycles. The van der Waals surface area contributed by atoms with Crippen LogP contribution in [0.25, 0.3) is 0 Å². The lowest BCUT2D eigenvalue weighted by Gasteiger charge is -2.21. The standard InChI is InChI=1S/C9H17NO2/c1-9(4-2-3-5-9)8(12)10-6-7-11/h11H,2-7H2,1H3,(H,10,12). The van der Waals surface area contributed by atoms with Gasteiger partial charge in [-0.25, -0.2) is 0 Å². The number of carbonyl (C=O) groups excluding carboxylic acids is 1. The van der Waals surface area contributed by atoms with Crippen LogP contribution < -0.4 is 5.32 Å². The minimum Gasteiger partial charge on any atom is -0.395 e. The van der Waals surface area contributed by atoms with Crippen molar-refractivity contribution >= 4 is 5.91 Å². The molecular weight excluding hydrogens is 154 g/mol. The Balaban J connectivity index is 2.39. The van der Waals surface area contributed by atoms with Crippen molar-refractivity contribution < 1.29 is 9.90 Å². The molecule has 0 saturated heterocycles. The third-order valence-corrected chi connectivity index (χ3v) is 2.65. The molecule has 0 aromatic heterocycles. The van der Waals surface area contributed by atoms with E-state index in [2.05, 4.69) is 5.32 Å². The van der Waals surface area contributed by atoms with Gasteiger partial charge in [-0.05, 0) is 12.8 Å². The highest BCUT2D eigenvalue weighted by Crippen LogP contribution is 2.37. The van der Waals surface area contributed by atoms with Gasteiger partial charge in [0.1, 0.15) is 0 Å². The Morgan fingerprint density at radius 2 is 2.08 bits per heavy atom. The third-order valence-electron chi connectivity index (χ3n) is 2.65. The first-order chi connectivity index (χ1) is 5.69. The van der Waals surface area contributed by atoms with Gasteiger partial charge in [-0.1, -0.05) is 19.8 Å². The fourth-order valence-corrected chi connectivity index (χ4v) is 1.77. The molecule has 12 heavy (non-hydrogen) atoms. The molecule has 0 unspecified atom stereocenters. The summed E-state index contributed by atoms with van der Waals surface area (Å²) in [5.74, 6) is 0.106. The zero-order valence-electron chi connectivity index (χ0n) is 7.60. The molecule has 70 valence electrons. The van der Waals surface area contributed by atoms with Crippen molar-refractivity contribution in [3.8, 4) is 0 Å². The Hall–Kier alpha value is -0.570. The maximum atomic E-state index is 11.5. The first-order valence-electron chi connectivity index (χ1n) is 4.58. The number of hydrogen-bond donors (Lipinski definition) is 2. The van der Waals surface area contributed by atoms with E-state index < -0.39 is 0 Å². The minimum atomic E-state index is -0.158. The molecule has 2 N–H and O–H groups in total. The second-order valence-corrected chi connectivity index (χ2v) is 3.75. The second-order valence-electron chi connectivity index (χ2n) is 3.75. The second kappa shape index (κ2) is 3.90. The van der Waals surface area contributed by atoms with Gasteiger partial charge in [0.25, 0.3) is 0 Å². The van der Waals surface area contributed by atoms with Gasteiger partial charge < -0.3 is 10.4 Å². The zero-order valence-corrected chi connectivity index (χ0v) is 7.60. The Kier molecular flexibility index (Phi) is 3.09. The summed E-state index contributed by atoms with van der Waals surface area (Å²) in [4.78, 5) is 11.5. The van der Waals surface area contributed by atoms with Crippen molar-refractivity contribution in [2.75, 3.05) is 13.2 Å². The molecule has 0 radical (unpaired) electrons. The summed E-state index contributed by atoms with van der Waals surface area (Å²) in [6, 6.07) is 0. The van der Waals surface area contributed by atoms with E-state index in [-0.39, 0.29) is 17.9 Å². The van der Waals surface area contributed by atoms with Gasteiger partial charge in [-0.2, -0.15) is 0 Å². The van der Waals surface area contributed by atoms with E-state index in [0.717, 1.165) is 25.7 Å². The lowest BCUT2D eigenvalue weighted by molar-refractivity contribution is -0.130. The predicted octanol–water partition coefficient (Wildman–Crippen LogP) is 0.675. The Labute approximate surface area is 73.2 Å². The monoisotopic (exact) mass is 171 g/mol. The molecule has 1 aliphatic carbocycles. The van der Waals surface area contributed by atoms with Crippen LogP contribution >= 0.6 is 0 Å². The van der Waals surface area contributed by atoms with Crippen molar-refractivity contribution in [1.29, 1.82) is 0 Å². The number of carbonyl (C=O) groups is 1. The van der Waals surface area contributed by atoms with E-state index in [1.807, 2.05) is 6.92 Å². The number of amides is 1. The summed E-state index contributed by atoms with van der Waals surface area (Å²) in [5.41, 5.74) is -0.158. The maximum Gasteiger partial charge on any atom is 0.226 e. The smallest absolute Gasteiger partial charge is 0.226 e. The Bertz CT molecular complexity index is 162. The quantitative estimate of drug-likeness (QED) is 0.656. The van der Waals surface area contributed by atoms with Gasteiger partial charge in [0.05, 0.1) is 6.61 Å². The van der Waals surface area contributed by atoms with Crippen LogP contribution in [0.1, 0.15) is 32.6 Å². The molecule has 3 heteroatoms. The number of nitrogens with one attached hydrogen (secondary N) is 1. The van der Waals surface area contributed by atoms with Crippen molar-refractivity contribution in [3.05, 3.63) is 0 Å². The molecule has 0 atom stereocenters. The predicted molar refractivity (Wildman–Crippen MR) is 46.7 cm³/mol. The molecule has 0 aliphatic heterocycles. The summed E-state index contributed by atoms with van der Waals surface area (Å²) in [6.07, 6.45) is 4.29. The van der Waals surface area contributed by atoms with Crippen LogP contribution in [0.2, 0.25) is 0 Å². The van der Waals surface area contributed by atoms with E-state index in [0.29, 0.717) is 6.54 Å². The molecule has 1 rings (SSSR count). The van der Waals surface area contributed by atoms with Gasteiger partial charge in [0.15, 0.2) is 0 Å². The van der Waals surface area contributed by atoms with Crippen LogP contribution in [-0.4, -0.2) is 24.2 Å². The zero-order chi connectivity index (χ0) is 9.03.